The highest BCUT2D eigenvalue weighted by Crippen LogP contribution is 2.38. The average molecular weight is 403 g/mol. The Hall–Kier alpha value is -3.09. The van der Waals surface area contributed by atoms with Crippen molar-refractivity contribution < 1.29 is 0 Å². The summed E-state index contributed by atoms with van der Waals surface area (Å²) < 4.78 is 1.62. The van der Waals surface area contributed by atoms with Gasteiger partial charge in [0.2, 0.25) is 0 Å². The molecule has 3 aromatic heterocycles. The van der Waals surface area contributed by atoms with Gasteiger partial charge in [0, 0.05) is 61.3 Å². The summed E-state index contributed by atoms with van der Waals surface area (Å²) in [5, 5.41) is 4.61. The minimum atomic E-state index is -0.0456. The normalized spacial score (nSPS) is 17.3. The molecule has 2 aliphatic rings. The molecule has 0 bridgehead atoms. The van der Waals surface area contributed by atoms with E-state index < -0.39 is 0 Å². The van der Waals surface area contributed by atoms with E-state index in [1.807, 2.05) is 12.1 Å². The van der Waals surface area contributed by atoms with Crippen molar-refractivity contribution in [2.45, 2.75) is 45.1 Å². The predicted octanol–water partition coefficient (Wildman–Crippen LogP) is 3.20. The first kappa shape index (κ1) is 18.9. The number of hydrogen-bond acceptors (Lipinski definition) is 6. The molecule has 0 aromatic carbocycles. The van der Waals surface area contributed by atoms with Crippen LogP contribution in [0.3, 0.4) is 0 Å². The second-order valence-corrected chi connectivity index (χ2v) is 8.41. The van der Waals surface area contributed by atoms with Gasteiger partial charge in [-0.05, 0) is 56.7 Å². The average Bonchev–Trinajstić information content (AvgIpc) is 3.62. The van der Waals surface area contributed by atoms with Gasteiger partial charge in [-0.2, -0.15) is 5.10 Å². The number of piperidine rings is 1. The summed E-state index contributed by atoms with van der Waals surface area (Å²) >= 11 is 0. The zero-order valence-corrected chi connectivity index (χ0v) is 17.2. The summed E-state index contributed by atoms with van der Waals surface area (Å²) in [4.78, 5) is 28.2. The highest BCUT2D eigenvalue weighted by molar-refractivity contribution is 5.57. The Labute approximate surface area is 175 Å². The fourth-order valence-corrected chi connectivity index (χ4v) is 4.11. The van der Waals surface area contributed by atoms with Gasteiger partial charge in [0.15, 0.2) is 0 Å². The van der Waals surface area contributed by atoms with E-state index >= 15 is 0 Å². The summed E-state index contributed by atoms with van der Waals surface area (Å²) in [6.45, 7) is 4.60. The van der Waals surface area contributed by atoms with Crippen LogP contribution in [-0.4, -0.2) is 37.8 Å². The third-order valence-corrected chi connectivity index (χ3v) is 6.01. The molecule has 1 saturated carbocycles. The molecule has 5 rings (SSSR count). The summed E-state index contributed by atoms with van der Waals surface area (Å²) in [6.07, 6.45) is 7.96. The largest absolute Gasteiger partial charge is 0.356 e. The Morgan fingerprint density at radius 3 is 2.50 bits per heavy atom. The Kier molecular flexibility index (Phi) is 5.02. The van der Waals surface area contributed by atoms with Crippen molar-refractivity contribution >= 4 is 5.82 Å². The molecular formula is C23H26N6O. The van der Waals surface area contributed by atoms with E-state index in [9.17, 15) is 4.79 Å². The van der Waals surface area contributed by atoms with Crippen molar-refractivity contribution in [1.82, 2.24) is 24.7 Å². The first-order valence-electron chi connectivity index (χ1n) is 10.7. The summed E-state index contributed by atoms with van der Waals surface area (Å²) in [7, 11) is 0. The topological polar surface area (TPSA) is 76.8 Å². The number of anilines is 1. The Morgan fingerprint density at radius 2 is 1.77 bits per heavy atom. The van der Waals surface area contributed by atoms with Crippen molar-refractivity contribution in [3.05, 3.63) is 64.6 Å². The zero-order chi connectivity index (χ0) is 20.5. The maximum atomic E-state index is 12.4. The maximum absolute atomic E-state index is 12.4. The molecule has 30 heavy (non-hydrogen) atoms. The maximum Gasteiger partial charge on any atom is 0.266 e. The number of hydrogen-bond donors (Lipinski definition) is 0. The highest BCUT2D eigenvalue weighted by atomic mass is 16.1. The van der Waals surface area contributed by atoms with E-state index in [2.05, 4.69) is 33.0 Å². The second kappa shape index (κ2) is 7.97. The fourth-order valence-electron chi connectivity index (χ4n) is 4.11. The standard InChI is InChI=1S/C23H26N6O/c1-16-14-21(26-23(25-16)19-2-3-19)28-12-8-17(9-13-28)15-29-22(30)5-4-20(27-29)18-6-10-24-11-7-18/h4-7,10-11,14,17,19H,2-3,8-9,12-13,15H2,1H3. The number of aromatic nitrogens is 5. The van der Waals surface area contributed by atoms with E-state index in [0.29, 0.717) is 18.4 Å². The Bertz CT molecular complexity index is 1080. The third-order valence-electron chi connectivity index (χ3n) is 6.01. The highest BCUT2D eigenvalue weighted by Gasteiger charge is 2.28. The number of aryl methyl sites for hydroxylation is 1. The molecule has 0 N–H and O–H groups in total. The third kappa shape index (κ3) is 4.10. The van der Waals surface area contributed by atoms with Gasteiger partial charge in [-0.1, -0.05) is 0 Å². The molecule has 1 saturated heterocycles. The van der Waals surface area contributed by atoms with Crippen molar-refractivity contribution in [3.63, 3.8) is 0 Å². The lowest BCUT2D eigenvalue weighted by molar-refractivity contribution is 0.335. The van der Waals surface area contributed by atoms with Gasteiger partial charge in [0.1, 0.15) is 11.6 Å². The van der Waals surface area contributed by atoms with Gasteiger partial charge in [-0.3, -0.25) is 9.78 Å². The fraction of sp³-hybridized carbons (Fsp3) is 0.435. The van der Waals surface area contributed by atoms with Gasteiger partial charge < -0.3 is 4.90 Å². The SMILES string of the molecule is Cc1cc(N2CCC(Cn3nc(-c4ccncc4)ccc3=O)CC2)nc(C2CC2)n1. The molecule has 3 aromatic rings. The van der Waals surface area contributed by atoms with Crippen LogP contribution in [0.15, 0.2) is 47.5 Å². The van der Waals surface area contributed by atoms with Crippen LogP contribution in [0.4, 0.5) is 5.82 Å². The molecule has 7 heteroatoms. The van der Waals surface area contributed by atoms with Crippen molar-refractivity contribution in [1.29, 1.82) is 0 Å². The van der Waals surface area contributed by atoms with E-state index in [4.69, 9.17) is 4.98 Å². The molecule has 2 fully saturated rings. The zero-order valence-electron chi connectivity index (χ0n) is 17.2. The molecule has 0 amide bonds. The van der Waals surface area contributed by atoms with Crippen LogP contribution in [0.5, 0.6) is 0 Å². The molecule has 7 nitrogen and oxygen atoms in total. The van der Waals surface area contributed by atoms with Crippen LogP contribution in [0, 0.1) is 12.8 Å². The first-order chi connectivity index (χ1) is 14.7. The Balaban J connectivity index is 1.26. The molecule has 0 radical (unpaired) electrons. The lowest BCUT2D eigenvalue weighted by Crippen LogP contribution is -2.37. The quantitative estimate of drug-likeness (QED) is 0.652. The molecule has 0 atom stereocenters. The van der Waals surface area contributed by atoms with Crippen molar-refractivity contribution in [3.8, 4) is 11.3 Å². The lowest BCUT2D eigenvalue weighted by atomic mass is 9.97. The molecule has 0 unspecified atom stereocenters. The van der Waals surface area contributed by atoms with Gasteiger partial charge in [0.05, 0.1) is 5.69 Å². The smallest absolute Gasteiger partial charge is 0.266 e. The molecule has 1 aliphatic carbocycles. The van der Waals surface area contributed by atoms with Crippen LogP contribution in [0.1, 0.15) is 43.1 Å². The van der Waals surface area contributed by atoms with Crippen LogP contribution >= 0.6 is 0 Å². The van der Waals surface area contributed by atoms with Crippen LogP contribution in [-0.2, 0) is 6.54 Å². The van der Waals surface area contributed by atoms with Crippen LogP contribution in [0.2, 0.25) is 0 Å². The van der Waals surface area contributed by atoms with Gasteiger partial charge in [-0.25, -0.2) is 14.6 Å². The van der Waals surface area contributed by atoms with E-state index in [1.54, 1.807) is 29.2 Å². The minimum Gasteiger partial charge on any atom is -0.356 e. The molecule has 0 spiro atoms. The summed E-state index contributed by atoms with van der Waals surface area (Å²) in [5.41, 5.74) is 2.78. The first-order valence-corrected chi connectivity index (χ1v) is 10.7. The van der Waals surface area contributed by atoms with Crippen LogP contribution < -0.4 is 10.5 Å². The summed E-state index contributed by atoms with van der Waals surface area (Å²) in [5.74, 6) is 3.06. The number of nitrogens with zero attached hydrogens (tertiary/aromatic N) is 6. The van der Waals surface area contributed by atoms with Gasteiger partial charge in [-0.15, -0.1) is 0 Å². The second-order valence-electron chi connectivity index (χ2n) is 8.41. The molecule has 1 aliphatic heterocycles. The molecule has 4 heterocycles. The van der Waals surface area contributed by atoms with Crippen molar-refractivity contribution in [2.75, 3.05) is 18.0 Å². The van der Waals surface area contributed by atoms with Crippen LogP contribution in [0.25, 0.3) is 11.3 Å². The molecule has 154 valence electrons. The Morgan fingerprint density at radius 1 is 1.00 bits per heavy atom. The van der Waals surface area contributed by atoms with E-state index in [1.165, 1.54) is 12.8 Å². The van der Waals surface area contributed by atoms with E-state index in [-0.39, 0.29) is 5.56 Å². The van der Waals surface area contributed by atoms with Gasteiger partial charge >= 0.3 is 0 Å². The number of rotatable bonds is 5. The molecular weight excluding hydrogens is 376 g/mol. The lowest BCUT2D eigenvalue weighted by Gasteiger charge is -2.33. The summed E-state index contributed by atoms with van der Waals surface area (Å²) in [6, 6.07) is 9.31. The number of pyridine rings is 1. The minimum absolute atomic E-state index is 0.0456. The predicted molar refractivity (Wildman–Crippen MR) is 115 cm³/mol. The van der Waals surface area contributed by atoms with E-state index in [0.717, 1.165) is 54.5 Å². The van der Waals surface area contributed by atoms with Gasteiger partial charge in [0.25, 0.3) is 5.56 Å². The van der Waals surface area contributed by atoms with Crippen molar-refractivity contribution in [2.24, 2.45) is 5.92 Å². The monoisotopic (exact) mass is 402 g/mol.